The van der Waals surface area contributed by atoms with Gasteiger partial charge in [-0.15, -0.1) is 0 Å². The molecule has 18 heavy (non-hydrogen) atoms. The van der Waals surface area contributed by atoms with E-state index in [0.717, 1.165) is 27.3 Å². The molecule has 1 aromatic heterocycles. The smallest absolute Gasteiger partial charge is 0.0748 e. The van der Waals surface area contributed by atoms with Crippen LogP contribution in [0.4, 0.5) is 0 Å². The fourth-order valence-electron chi connectivity index (χ4n) is 1.96. The maximum Gasteiger partial charge on any atom is 0.0748 e. The molecule has 2 aromatic rings. The molecule has 96 valence electrons. The van der Waals surface area contributed by atoms with Crippen LogP contribution in [0.3, 0.4) is 0 Å². The van der Waals surface area contributed by atoms with Crippen LogP contribution in [0.5, 0.6) is 0 Å². The lowest BCUT2D eigenvalue weighted by atomic mass is 10.0. The van der Waals surface area contributed by atoms with Crippen molar-refractivity contribution in [3.8, 4) is 0 Å². The van der Waals surface area contributed by atoms with Crippen LogP contribution in [0.25, 0.3) is 0 Å². The van der Waals surface area contributed by atoms with Crippen LogP contribution in [-0.2, 0) is 7.05 Å². The number of nitrogens with one attached hydrogen (secondary N) is 1. The SMILES string of the molecule is CCNC(c1ccc(Br)c(Cl)c1)c1ccnn1C. The maximum atomic E-state index is 6.16. The first-order chi connectivity index (χ1) is 8.63. The lowest BCUT2D eigenvalue weighted by molar-refractivity contribution is 0.572. The quantitative estimate of drug-likeness (QED) is 0.930. The summed E-state index contributed by atoms with van der Waals surface area (Å²) in [5, 5.41) is 8.39. The van der Waals surface area contributed by atoms with E-state index < -0.39 is 0 Å². The molecule has 1 atom stereocenters. The molecule has 0 amide bonds. The Bertz CT molecular complexity index is 539. The highest BCUT2D eigenvalue weighted by Gasteiger charge is 2.16. The molecule has 0 aliphatic rings. The fraction of sp³-hybridized carbons (Fsp3) is 0.308. The standard InChI is InChI=1S/C13H15BrClN3/c1-3-16-13(12-6-7-17-18(12)2)9-4-5-10(14)11(15)8-9/h4-8,13,16H,3H2,1-2H3. The topological polar surface area (TPSA) is 29.9 Å². The third-order valence-corrected chi connectivity index (χ3v) is 4.07. The van der Waals surface area contributed by atoms with E-state index in [1.54, 1.807) is 6.20 Å². The second kappa shape index (κ2) is 5.87. The van der Waals surface area contributed by atoms with Crippen LogP contribution in [0.2, 0.25) is 5.02 Å². The number of hydrogen-bond acceptors (Lipinski definition) is 2. The molecule has 0 saturated heterocycles. The molecule has 1 N–H and O–H groups in total. The van der Waals surface area contributed by atoms with E-state index in [0.29, 0.717) is 0 Å². The van der Waals surface area contributed by atoms with E-state index in [9.17, 15) is 0 Å². The van der Waals surface area contributed by atoms with Gasteiger partial charge < -0.3 is 5.32 Å². The Balaban J connectivity index is 2.41. The highest BCUT2D eigenvalue weighted by atomic mass is 79.9. The van der Waals surface area contributed by atoms with Crippen molar-refractivity contribution >= 4 is 27.5 Å². The van der Waals surface area contributed by atoms with Crippen LogP contribution >= 0.6 is 27.5 Å². The second-order valence-electron chi connectivity index (χ2n) is 4.04. The van der Waals surface area contributed by atoms with Crippen molar-refractivity contribution in [2.24, 2.45) is 7.05 Å². The Hall–Kier alpha value is -0.840. The van der Waals surface area contributed by atoms with E-state index >= 15 is 0 Å². The molecular formula is C13H15BrClN3. The van der Waals surface area contributed by atoms with Gasteiger partial charge in [-0.3, -0.25) is 4.68 Å². The lowest BCUT2D eigenvalue weighted by Crippen LogP contribution is -2.24. The van der Waals surface area contributed by atoms with E-state index in [-0.39, 0.29) is 6.04 Å². The predicted molar refractivity (Wildman–Crippen MR) is 77.9 cm³/mol. The molecule has 1 heterocycles. The fourth-order valence-corrected chi connectivity index (χ4v) is 2.39. The van der Waals surface area contributed by atoms with Crippen LogP contribution in [0.1, 0.15) is 24.2 Å². The molecule has 5 heteroatoms. The van der Waals surface area contributed by atoms with Crippen LogP contribution in [0.15, 0.2) is 34.9 Å². The van der Waals surface area contributed by atoms with Crippen LogP contribution < -0.4 is 5.32 Å². The summed E-state index contributed by atoms with van der Waals surface area (Å²) in [6.07, 6.45) is 1.81. The third-order valence-electron chi connectivity index (χ3n) is 2.84. The first kappa shape index (κ1) is 13.6. The summed E-state index contributed by atoms with van der Waals surface area (Å²) in [5.41, 5.74) is 2.25. The zero-order valence-corrected chi connectivity index (χ0v) is 12.7. The minimum absolute atomic E-state index is 0.105. The zero-order valence-electron chi connectivity index (χ0n) is 10.3. The van der Waals surface area contributed by atoms with Gasteiger partial charge in [0.1, 0.15) is 0 Å². The van der Waals surface area contributed by atoms with Gasteiger partial charge >= 0.3 is 0 Å². The van der Waals surface area contributed by atoms with Crippen molar-refractivity contribution in [3.05, 3.63) is 51.2 Å². The second-order valence-corrected chi connectivity index (χ2v) is 5.31. The summed E-state index contributed by atoms with van der Waals surface area (Å²) in [5.74, 6) is 0. The van der Waals surface area contributed by atoms with Crippen LogP contribution in [0, 0.1) is 0 Å². The van der Waals surface area contributed by atoms with E-state index in [4.69, 9.17) is 11.6 Å². The van der Waals surface area contributed by atoms with Gasteiger partial charge in [-0.2, -0.15) is 5.10 Å². The van der Waals surface area contributed by atoms with Crippen molar-refractivity contribution in [2.45, 2.75) is 13.0 Å². The molecule has 0 bridgehead atoms. The highest BCUT2D eigenvalue weighted by molar-refractivity contribution is 9.10. The first-order valence-corrected chi connectivity index (χ1v) is 6.96. The molecule has 1 unspecified atom stereocenters. The summed E-state index contributed by atoms with van der Waals surface area (Å²) in [6.45, 7) is 2.97. The minimum Gasteiger partial charge on any atom is -0.305 e. The number of aromatic nitrogens is 2. The van der Waals surface area contributed by atoms with E-state index in [1.807, 2.05) is 29.9 Å². The molecule has 0 spiro atoms. The lowest BCUT2D eigenvalue weighted by Gasteiger charge is -2.19. The van der Waals surface area contributed by atoms with Crippen molar-refractivity contribution < 1.29 is 0 Å². The molecule has 0 aliphatic carbocycles. The van der Waals surface area contributed by atoms with Gasteiger partial charge in [0.15, 0.2) is 0 Å². The third kappa shape index (κ3) is 2.76. The molecule has 0 radical (unpaired) electrons. The summed E-state index contributed by atoms with van der Waals surface area (Å²) in [7, 11) is 1.94. The molecule has 0 aliphatic heterocycles. The van der Waals surface area contributed by atoms with Crippen molar-refractivity contribution in [1.82, 2.24) is 15.1 Å². The summed E-state index contributed by atoms with van der Waals surface area (Å²) in [4.78, 5) is 0. The Morgan fingerprint density at radius 3 is 2.78 bits per heavy atom. The zero-order chi connectivity index (χ0) is 13.1. The van der Waals surface area contributed by atoms with E-state index in [1.165, 1.54) is 0 Å². The van der Waals surface area contributed by atoms with Crippen molar-refractivity contribution in [3.63, 3.8) is 0 Å². The number of hydrogen-bond donors (Lipinski definition) is 1. The van der Waals surface area contributed by atoms with Crippen molar-refractivity contribution in [1.29, 1.82) is 0 Å². The molecule has 0 saturated carbocycles. The normalized spacial score (nSPS) is 12.7. The number of rotatable bonds is 4. The average Bonchev–Trinajstić information content (AvgIpc) is 2.76. The Morgan fingerprint density at radius 1 is 1.44 bits per heavy atom. The Labute approximate surface area is 120 Å². The largest absolute Gasteiger partial charge is 0.305 e. The number of nitrogens with zero attached hydrogens (tertiary/aromatic N) is 2. The summed E-state index contributed by atoms with van der Waals surface area (Å²) >= 11 is 9.57. The Morgan fingerprint density at radius 2 is 2.22 bits per heavy atom. The number of benzene rings is 1. The van der Waals surface area contributed by atoms with Gasteiger partial charge in [-0.25, -0.2) is 0 Å². The van der Waals surface area contributed by atoms with Gasteiger partial charge in [0.25, 0.3) is 0 Å². The highest BCUT2D eigenvalue weighted by Crippen LogP contribution is 2.28. The van der Waals surface area contributed by atoms with Gasteiger partial charge in [0, 0.05) is 17.7 Å². The molecule has 1 aromatic carbocycles. The van der Waals surface area contributed by atoms with Gasteiger partial charge in [-0.05, 0) is 46.2 Å². The number of aryl methyl sites for hydroxylation is 1. The maximum absolute atomic E-state index is 6.16. The predicted octanol–water partition coefficient (Wildman–Crippen LogP) is 3.53. The van der Waals surface area contributed by atoms with Crippen LogP contribution in [-0.4, -0.2) is 16.3 Å². The molecule has 2 rings (SSSR count). The number of halogens is 2. The van der Waals surface area contributed by atoms with Gasteiger partial charge in [0.05, 0.1) is 16.8 Å². The van der Waals surface area contributed by atoms with Crippen molar-refractivity contribution in [2.75, 3.05) is 6.54 Å². The molecule has 0 fully saturated rings. The first-order valence-electron chi connectivity index (χ1n) is 5.79. The van der Waals surface area contributed by atoms with Gasteiger partial charge in [0.2, 0.25) is 0 Å². The Kier molecular flexibility index (Phi) is 4.43. The molecular weight excluding hydrogens is 314 g/mol. The molecule has 3 nitrogen and oxygen atoms in total. The van der Waals surface area contributed by atoms with E-state index in [2.05, 4.69) is 39.3 Å². The summed E-state index contributed by atoms with van der Waals surface area (Å²) in [6, 6.07) is 8.14. The summed E-state index contributed by atoms with van der Waals surface area (Å²) < 4.78 is 2.79. The monoisotopic (exact) mass is 327 g/mol. The van der Waals surface area contributed by atoms with Gasteiger partial charge in [-0.1, -0.05) is 24.6 Å². The minimum atomic E-state index is 0.105. The average molecular weight is 329 g/mol.